The highest BCUT2D eigenvalue weighted by atomic mass is 32.1. The van der Waals surface area contributed by atoms with Gasteiger partial charge in [0.05, 0.1) is 6.61 Å². The third-order valence-electron chi connectivity index (χ3n) is 2.98. The van der Waals surface area contributed by atoms with Crippen molar-refractivity contribution in [3.05, 3.63) is 40.9 Å². The highest BCUT2D eigenvalue weighted by molar-refractivity contribution is 7.03. The van der Waals surface area contributed by atoms with Crippen LogP contribution in [0.3, 0.4) is 0 Å². The number of hydrogen-bond donors (Lipinski definition) is 1. The van der Waals surface area contributed by atoms with Crippen molar-refractivity contribution in [2.45, 2.75) is 26.2 Å². The summed E-state index contributed by atoms with van der Waals surface area (Å²) in [6.07, 6.45) is 2.98. The molecule has 112 valence electrons. The van der Waals surface area contributed by atoms with Crippen LogP contribution in [0.4, 0.5) is 0 Å². The molecule has 0 saturated heterocycles. The van der Waals surface area contributed by atoms with Gasteiger partial charge in [-0.3, -0.25) is 4.79 Å². The van der Waals surface area contributed by atoms with E-state index < -0.39 is 0 Å². The van der Waals surface area contributed by atoms with Crippen LogP contribution in [0, 0.1) is 0 Å². The summed E-state index contributed by atoms with van der Waals surface area (Å²) in [4.78, 5) is 11.7. The van der Waals surface area contributed by atoms with E-state index in [2.05, 4.69) is 21.8 Å². The summed E-state index contributed by atoms with van der Waals surface area (Å²) in [5, 5.41) is 8.19. The predicted octanol–water partition coefficient (Wildman–Crippen LogP) is 2.69. The summed E-state index contributed by atoms with van der Waals surface area (Å²) in [5.74, 6) is 0.716. The van der Waals surface area contributed by atoms with Crippen molar-refractivity contribution < 1.29 is 9.53 Å². The standard InChI is InChI=1S/C15H19N3O2S/c1-2-3-10-20-13-6-4-12(5-7-13)8-9-16-15(19)14-11-21-18-17-14/h4-7,11H,2-3,8-10H2,1H3,(H,16,19). The van der Waals surface area contributed by atoms with Gasteiger partial charge in [-0.25, -0.2) is 0 Å². The SMILES string of the molecule is CCCCOc1ccc(CCNC(=O)c2csnn2)cc1. The number of unbranched alkanes of at least 4 members (excludes halogenated alkanes) is 1. The Labute approximate surface area is 128 Å². The van der Waals surface area contributed by atoms with Crippen molar-refractivity contribution >= 4 is 17.4 Å². The minimum atomic E-state index is -0.178. The number of carbonyl (C=O) groups is 1. The van der Waals surface area contributed by atoms with Gasteiger partial charge >= 0.3 is 0 Å². The molecule has 0 atom stereocenters. The molecule has 1 heterocycles. The third kappa shape index (κ3) is 5.15. The van der Waals surface area contributed by atoms with Crippen LogP contribution in [-0.2, 0) is 6.42 Å². The Hall–Kier alpha value is -1.95. The lowest BCUT2D eigenvalue weighted by Crippen LogP contribution is -2.25. The van der Waals surface area contributed by atoms with Crippen LogP contribution in [0.2, 0.25) is 0 Å². The molecule has 0 unspecified atom stereocenters. The van der Waals surface area contributed by atoms with Gasteiger partial charge in [0.15, 0.2) is 5.69 Å². The highest BCUT2D eigenvalue weighted by Gasteiger charge is 2.07. The van der Waals surface area contributed by atoms with Crippen LogP contribution in [0.25, 0.3) is 0 Å². The molecular formula is C15H19N3O2S. The lowest BCUT2D eigenvalue weighted by Gasteiger charge is -2.07. The van der Waals surface area contributed by atoms with Gasteiger partial charge in [-0.05, 0) is 42.1 Å². The maximum absolute atomic E-state index is 11.7. The van der Waals surface area contributed by atoms with Crippen LogP contribution in [0.15, 0.2) is 29.6 Å². The molecule has 2 aromatic rings. The van der Waals surface area contributed by atoms with Crippen molar-refractivity contribution in [1.82, 2.24) is 14.9 Å². The number of benzene rings is 1. The van der Waals surface area contributed by atoms with E-state index in [1.54, 1.807) is 5.38 Å². The molecule has 0 spiro atoms. The summed E-state index contributed by atoms with van der Waals surface area (Å²) < 4.78 is 9.28. The summed E-state index contributed by atoms with van der Waals surface area (Å²) in [7, 11) is 0. The van der Waals surface area contributed by atoms with Crippen LogP contribution < -0.4 is 10.1 Å². The topological polar surface area (TPSA) is 64.1 Å². The second-order valence-electron chi connectivity index (χ2n) is 4.64. The van der Waals surface area contributed by atoms with E-state index >= 15 is 0 Å². The molecule has 0 aliphatic carbocycles. The summed E-state index contributed by atoms with van der Waals surface area (Å²) >= 11 is 1.17. The van der Waals surface area contributed by atoms with Crippen molar-refractivity contribution in [2.75, 3.05) is 13.2 Å². The first kappa shape index (κ1) is 15.4. The van der Waals surface area contributed by atoms with Crippen molar-refractivity contribution in [3.8, 4) is 5.75 Å². The van der Waals surface area contributed by atoms with Gasteiger partial charge in [-0.2, -0.15) is 0 Å². The molecule has 0 bridgehead atoms. The molecular weight excluding hydrogens is 286 g/mol. The molecule has 5 nitrogen and oxygen atoms in total. The number of aromatic nitrogens is 2. The second-order valence-corrected chi connectivity index (χ2v) is 5.25. The molecule has 2 rings (SSSR count). The fourth-order valence-corrected chi connectivity index (χ4v) is 2.20. The van der Waals surface area contributed by atoms with E-state index in [4.69, 9.17) is 4.74 Å². The van der Waals surface area contributed by atoms with Gasteiger partial charge in [0.25, 0.3) is 5.91 Å². The molecule has 0 aliphatic rings. The Morgan fingerprint density at radius 1 is 1.33 bits per heavy atom. The first-order valence-electron chi connectivity index (χ1n) is 7.06. The van der Waals surface area contributed by atoms with Crippen molar-refractivity contribution in [2.24, 2.45) is 0 Å². The van der Waals surface area contributed by atoms with Gasteiger partial charge in [-0.1, -0.05) is 30.0 Å². The molecule has 0 fully saturated rings. The van der Waals surface area contributed by atoms with Gasteiger partial charge < -0.3 is 10.1 Å². The van der Waals surface area contributed by atoms with E-state index in [1.807, 2.05) is 24.3 Å². The molecule has 6 heteroatoms. The fraction of sp³-hybridized carbons (Fsp3) is 0.400. The molecule has 0 aliphatic heterocycles. The number of nitrogens with one attached hydrogen (secondary N) is 1. The van der Waals surface area contributed by atoms with E-state index in [0.29, 0.717) is 12.2 Å². The van der Waals surface area contributed by atoms with Crippen molar-refractivity contribution in [1.29, 1.82) is 0 Å². The zero-order chi connectivity index (χ0) is 14.9. The van der Waals surface area contributed by atoms with E-state index in [0.717, 1.165) is 37.2 Å². The Morgan fingerprint density at radius 2 is 2.14 bits per heavy atom. The summed E-state index contributed by atoms with van der Waals surface area (Å²) in [6, 6.07) is 7.99. The molecule has 0 saturated carbocycles. The van der Waals surface area contributed by atoms with E-state index in [-0.39, 0.29) is 5.91 Å². The van der Waals surface area contributed by atoms with Crippen LogP contribution in [0.5, 0.6) is 5.75 Å². The van der Waals surface area contributed by atoms with E-state index in [1.165, 1.54) is 11.5 Å². The van der Waals surface area contributed by atoms with Gasteiger partial charge in [0.1, 0.15) is 5.75 Å². The Bertz CT molecular complexity index is 541. The number of ether oxygens (including phenoxy) is 1. The van der Waals surface area contributed by atoms with Gasteiger partial charge in [-0.15, -0.1) is 5.10 Å². The van der Waals surface area contributed by atoms with Crippen molar-refractivity contribution in [3.63, 3.8) is 0 Å². The lowest BCUT2D eigenvalue weighted by atomic mass is 10.1. The minimum absolute atomic E-state index is 0.178. The molecule has 21 heavy (non-hydrogen) atoms. The van der Waals surface area contributed by atoms with Gasteiger partial charge in [0.2, 0.25) is 0 Å². The maximum Gasteiger partial charge on any atom is 0.272 e. The summed E-state index contributed by atoms with van der Waals surface area (Å²) in [5.41, 5.74) is 1.54. The normalized spacial score (nSPS) is 10.3. The maximum atomic E-state index is 11.7. The monoisotopic (exact) mass is 305 g/mol. The quantitative estimate of drug-likeness (QED) is 0.762. The smallest absolute Gasteiger partial charge is 0.272 e. The largest absolute Gasteiger partial charge is 0.494 e. The lowest BCUT2D eigenvalue weighted by molar-refractivity contribution is 0.0949. The minimum Gasteiger partial charge on any atom is -0.494 e. The molecule has 1 N–H and O–H groups in total. The predicted molar refractivity (Wildman–Crippen MR) is 82.8 cm³/mol. The first-order valence-corrected chi connectivity index (χ1v) is 7.90. The average Bonchev–Trinajstić information content (AvgIpc) is 3.03. The highest BCUT2D eigenvalue weighted by Crippen LogP contribution is 2.13. The van der Waals surface area contributed by atoms with Crippen LogP contribution >= 0.6 is 11.5 Å². The number of hydrogen-bond acceptors (Lipinski definition) is 5. The van der Waals surface area contributed by atoms with Gasteiger partial charge in [0, 0.05) is 11.9 Å². The molecule has 1 aromatic heterocycles. The van der Waals surface area contributed by atoms with Crippen LogP contribution in [0.1, 0.15) is 35.8 Å². The Kier molecular flexibility index (Phi) is 6.15. The number of rotatable bonds is 8. The van der Waals surface area contributed by atoms with Crippen LogP contribution in [-0.4, -0.2) is 28.6 Å². The first-order chi connectivity index (χ1) is 10.3. The number of carbonyl (C=O) groups excluding carboxylic acids is 1. The van der Waals surface area contributed by atoms with E-state index in [9.17, 15) is 4.79 Å². The average molecular weight is 305 g/mol. The fourth-order valence-electron chi connectivity index (χ4n) is 1.76. The Balaban J connectivity index is 1.72. The third-order valence-corrected chi connectivity index (χ3v) is 3.49. The second kappa shape index (κ2) is 8.36. The summed E-state index contributed by atoms with van der Waals surface area (Å²) in [6.45, 7) is 3.47. The number of amides is 1. The molecule has 0 radical (unpaired) electrons. The molecule has 1 amide bonds. The zero-order valence-electron chi connectivity index (χ0n) is 12.0. The zero-order valence-corrected chi connectivity index (χ0v) is 12.9. The number of nitrogens with zero attached hydrogens (tertiary/aromatic N) is 2. The molecule has 1 aromatic carbocycles. The Morgan fingerprint density at radius 3 is 2.81 bits per heavy atom.